The number of aliphatic hydroxyl groups excluding tert-OH is 1. The van der Waals surface area contributed by atoms with Crippen molar-refractivity contribution in [1.82, 2.24) is 0 Å². The minimum Gasteiger partial charge on any atom is -0.389 e. The van der Waals surface area contributed by atoms with Crippen LogP contribution in [0, 0.1) is 10.8 Å². The maximum absolute atomic E-state index is 12.3. The summed E-state index contributed by atoms with van der Waals surface area (Å²) in [7, 11) is 0. The summed E-state index contributed by atoms with van der Waals surface area (Å²) in [5.74, 6) is -6.74. The van der Waals surface area contributed by atoms with Crippen molar-refractivity contribution in [2.45, 2.75) is 34.6 Å². The highest BCUT2D eigenvalue weighted by molar-refractivity contribution is 6.55. The molecule has 0 radical (unpaired) electrons. The topological polar surface area (TPSA) is 123 Å². The Morgan fingerprint density at radius 3 is 1.24 bits per heavy atom. The van der Waals surface area contributed by atoms with Gasteiger partial charge in [-0.2, -0.15) is 0 Å². The lowest BCUT2D eigenvalue weighted by Gasteiger charge is -2.27. The summed E-state index contributed by atoms with van der Waals surface area (Å²) >= 11 is 0. The molecule has 0 heterocycles. The number of hydrogen-bond donors (Lipinski definition) is 1. The molecule has 21 heavy (non-hydrogen) atoms. The zero-order chi connectivity index (χ0) is 17.2. The lowest BCUT2D eigenvalue weighted by atomic mass is 9.68. The molecule has 0 aromatic heterocycles. The van der Waals surface area contributed by atoms with Crippen LogP contribution in [0.5, 0.6) is 0 Å². The lowest BCUT2D eigenvalue weighted by Crippen LogP contribution is -2.54. The van der Waals surface area contributed by atoms with E-state index in [9.17, 15) is 28.8 Å². The first-order valence-corrected chi connectivity index (χ1v) is 6.14. The Hall–Kier alpha value is -2.02. The van der Waals surface area contributed by atoms with Crippen molar-refractivity contribution in [3.8, 4) is 0 Å². The first-order valence-electron chi connectivity index (χ1n) is 6.14. The highest BCUT2D eigenvalue weighted by atomic mass is 16.3. The Bertz CT molecular complexity index is 530. The average Bonchev–Trinajstić information content (AvgIpc) is 2.41. The second-order valence-electron chi connectivity index (χ2n) is 5.16. The third kappa shape index (κ3) is 2.87. The van der Waals surface area contributed by atoms with Gasteiger partial charge in [-0.3, -0.25) is 28.8 Å². The molecule has 0 spiro atoms. The molecule has 1 N–H and O–H groups in total. The quantitative estimate of drug-likeness (QED) is 0.471. The van der Waals surface area contributed by atoms with E-state index in [2.05, 4.69) is 0 Å². The minimum absolute atomic E-state index is 0.865. The Kier molecular flexibility index (Phi) is 5.58. The third-order valence-electron chi connectivity index (χ3n) is 3.93. The summed E-state index contributed by atoms with van der Waals surface area (Å²) in [5, 5.41) is 8.87. The fourth-order valence-electron chi connectivity index (χ4n) is 1.66. The van der Waals surface area contributed by atoms with Crippen LogP contribution in [-0.4, -0.2) is 46.4 Å². The molecule has 0 aliphatic heterocycles. The molecule has 7 nitrogen and oxygen atoms in total. The summed E-state index contributed by atoms with van der Waals surface area (Å²) in [5.41, 5.74) is -4.65. The highest BCUT2D eigenvalue weighted by Crippen LogP contribution is 2.29. The number of rotatable bonds is 8. The van der Waals surface area contributed by atoms with Crippen LogP contribution >= 0.6 is 0 Å². The van der Waals surface area contributed by atoms with E-state index in [0.717, 1.165) is 34.6 Å². The molecule has 7 heteroatoms. The van der Waals surface area contributed by atoms with Crippen LogP contribution in [-0.2, 0) is 28.8 Å². The van der Waals surface area contributed by atoms with Gasteiger partial charge in [0, 0.05) is 0 Å². The van der Waals surface area contributed by atoms with Crippen molar-refractivity contribution in [3.63, 3.8) is 0 Å². The number of carbonyl (C=O) groups excluding carboxylic acids is 6. The van der Waals surface area contributed by atoms with Gasteiger partial charge in [-0.1, -0.05) is 0 Å². The molecule has 116 valence electrons. The van der Waals surface area contributed by atoms with Crippen LogP contribution in [0.1, 0.15) is 34.6 Å². The van der Waals surface area contributed by atoms with Gasteiger partial charge in [0.1, 0.15) is 12.0 Å². The van der Waals surface area contributed by atoms with Crippen molar-refractivity contribution in [2.24, 2.45) is 10.8 Å². The van der Waals surface area contributed by atoms with Crippen molar-refractivity contribution in [3.05, 3.63) is 0 Å². The standard InChI is InChI=1S/C14H18O7/c1-7(16)13(4,8(2)17)11(20)12(21)14(5,9(3)18)10(19)6-15/h15H,6H2,1-5H3. The largest absolute Gasteiger partial charge is 0.389 e. The van der Waals surface area contributed by atoms with E-state index in [1.807, 2.05) is 0 Å². The molecule has 0 saturated carbocycles. The molecule has 0 rings (SSSR count). The smallest absolute Gasteiger partial charge is 0.220 e. The van der Waals surface area contributed by atoms with E-state index < -0.39 is 52.1 Å². The SMILES string of the molecule is CC(=O)C(C)(C(C)=O)C(=O)C(=O)C(C)(C(C)=O)C(=O)CO. The van der Waals surface area contributed by atoms with Gasteiger partial charge < -0.3 is 5.11 Å². The Morgan fingerprint density at radius 2 is 1.00 bits per heavy atom. The summed E-state index contributed by atoms with van der Waals surface area (Å²) in [6, 6.07) is 0. The first-order chi connectivity index (χ1) is 9.38. The van der Waals surface area contributed by atoms with Gasteiger partial charge in [0.05, 0.1) is 0 Å². The predicted molar refractivity (Wildman–Crippen MR) is 70.4 cm³/mol. The van der Waals surface area contributed by atoms with Crippen LogP contribution in [0.25, 0.3) is 0 Å². The lowest BCUT2D eigenvalue weighted by molar-refractivity contribution is -0.160. The minimum atomic E-state index is -2.40. The molecule has 1 atom stereocenters. The average molecular weight is 298 g/mol. The molecular weight excluding hydrogens is 280 g/mol. The van der Waals surface area contributed by atoms with Crippen molar-refractivity contribution in [1.29, 1.82) is 0 Å². The zero-order valence-corrected chi connectivity index (χ0v) is 12.6. The second-order valence-corrected chi connectivity index (χ2v) is 5.16. The molecule has 0 bridgehead atoms. The van der Waals surface area contributed by atoms with E-state index in [1.165, 1.54) is 0 Å². The Balaban J connectivity index is 6.06. The van der Waals surface area contributed by atoms with E-state index in [4.69, 9.17) is 5.11 Å². The number of carbonyl (C=O) groups is 6. The van der Waals surface area contributed by atoms with Crippen molar-refractivity contribution in [2.75, 3.05) is 6.61 Å². The van der Waals surface area contributed by atoms with E-state index >= 15 is 0 Å². The molecule has 0 aromatic rings. The second kappa shape index (κ2) is 6.17. The Labute approximate surface area is 121 Å². The molecule has 0 amide bonds. The van der Waals surface area contributed by atoms with Crippen LogP contribution < -0.4 is 0 Å². The van der Waals surface area contributed by atoms with Gasteiger partial charge in [0.25, 0.3) is 0 Å². The molecule has 0 saturated heterocycles. The predicted octanol–water partition coefficient (Wildman–Crippen LogP) is -0.534. The van der Waals surface area contributed by atoms with Crippen molar-refractivity contribution < 1.29 is 33.9 Å². The number of ketones is 6. The van der Waals surface area contributed by atoms with Gasteiger partial charge in [-0.25, -0.2) is 0 Å². The van der Waals surface area contributed by atoms with Crippen LogP contribution in [0.15, 0.2) is 0 Å². The van der Waals surface area contributed by atoms with Gasteiger partial charge in [-0.05, 0) is 34.6 Å². The fraction of sp³-hybridized carbons (Fsp3) is 0.571. The number of Topliss-reactive ketones (excluding diaryl/α,β-unsaturated/α-hetero) is 6. The summed E-state index contributed by atoms with van der Waals surface area (Å²) in [6.45, 7) is 3.59. The number of hydrogen-bond acceptors (Lipinski definition) is 7. The van der Waals surface area contributed by atoms with Crippen molar-refractivity contribution >= 4 is 34.7 Å². The molecule has 0 fully saturated rings. The molecular formula is C14H18O7. The van der Waals surface area contributed by atoms with Crippen LogP contribution in [0.2, 0.25) is 0 Å². The maximum atomic E-state index is 12.3. The van der Waals surface area contributed by atoms with Crippen LogP contribution in [0.3, 0.4) is 0 Å². The fourth-order valence-corrected chi connectivity index (χ4v) is 1.66. The summed E-state index contributed by atoms with van der Waals surface area (Å²) < 4.78 is 0. The summed E-state index contributed by atoms with van der Waals surface area (Å²) in [6.07, 6.45) is 0. The first kappa shape index (κ1) is 19.0. The monoisotopic (exact) mass is 298 g/mol. The molecule has 1 unspecified atom stereocenters. The molecule has 0 aliphatic carbocycles. The molecule has 0 aliphatic rings. The van der Waals surface area contributed by atoms with E-state index in [-0.39, 0.29) is 0 Å². The summed E-state index contributed by atoms with van der Waals surface area (Å²) in [4.78, 5) is 70.9. The van der Waals surface area contributed by atoms with E-state index in [1.54, 1.807) is 0 Å². The normalized spacial score (nSPS) is 14.0. The number of aliphatic hydroxyl groups is 1. The highest BCUT2D eigenvalue weighted by Gasteiger charge is 2.55. The van der Waals surface area contributed by atoms with Gasteiger partial charge in [-0.15, -0.1) is 0 Å². The van der Waals surface area contributed by atoms with E-state index in [0.29, 0.717) is 0 Å². The third-order valence-corrected chi connectivity index (χ3v) is 3.93. The van der Waals surface area contributed by atoms with Gasteiger partial charge in [0.2, 0.25) is 11.6 Å². The van der Waals surface area contributed by atoms with Gasteiger partial charge in [0.15, 0.2) is 28.5 Å². The van der Waals surface area contributed by atoms with Crippen LogP contribution in [0.4, 0.5) is 0 Å². The zero-order valence-electron chi connectivity index (χ0n) is 12.6. The van der Waals surface area contributed by atoms with Gasteiger partial charge >= 0.3 is 0 Å². The maximum Gasteiger partial charge on any atom is 0.220 e. The Morgan fingerprint density at radius 1 is 0.714 bits per heavy atom. The molecule has 0 aromatic carbocycles.